The summed E-state index contributed by atoms with van der Waals surface area (Å²) >= 11 is 0. The highest BCUT2D eigenvalue weighted by atomic mass is 28.2. The molecule has 0 heterocycles. The summed E-state index contributed by atoms with van der Waals surface area (Å²) in [5, 5.41) is 0. The summed E-state index contributed by atoms with van der Waals surface area (Å²) in [6.45, 7) is 4.38. The van der Waals surface area contributed by atoms with Crippen LogP contribution in [-0.2, 0) is 18.9 Å². The molecule has 0 spiro atoms. The molecule has 0 radical (unpaired) electrons. The lowest BCUT2D eigenvalue weighted by atomic mass is 10.3. The Morgan fingerprint density at radius 2 is 0.955 bits per heavy atom. The van der Waals surface area contributed by atoms with E-state index in [-0.39, 0.29) is 29.9 Å². The second-order valence-electron chi connectivity index (χ2n) is 6.05. The second kappa shape index (κ2) is 12.7. The molecule has 0 N–H and O–H groups in total. The van der Waals surface area contributed by atoms with Gasteiger partial charge in [-0.05, 0) is 12.8 Å². The minimum absolute atomic E-state index is 0.239. The van der Waals surface area contributed by atoms with Crippen molar-refractivity contribution in [3.8, 4) is 0 Å². The van der Waals surface area contributed by atoms with Crippen molar-refractivity contribution in [2.24, 2.45) is 0 Å². The monoisotopic (exact) mass is 350 g/mol. The van der Waals surface area contributed by atoms with Gasteiger partial charge >= 0.3 is 0 Å². The van der Waals surface area contributed by atoms with E-state index in [2.05, 4.69) is 13.8 Å². The van der Waals surface area contributed by atoms with Crippen LogP contribution in [0.3, 0.4) is 0 Å². The van der Waals surface area contributed by atoms with Crippen LogP contribution in [0, 0.1) is 0 Å². The zero-order valence-electron chi connectivity index (χ0n) is 15.7. The van der Waals surface area contributed by atoms with Gasteiger partial charge < -0.3 is 18.9 Å². The van der Waals surface area contributed by atoms with E-state index in [1.807, 2.05) is 0 Å². The molecular weight excluding hydrogens is 312 g/mol. The first-order valence-corrected chi connectivity index (χ1v) is 12.2. The highest BCUT2D eigenvalue weighted by Gasteiger charge is 2.29. The molecule has 0 saturated carbocycles. The SMILES string of the molecule is CCCC(OC)(OC)[SiH2]CCCC[SiH2]C(CCC)(OC)OC. The molecule has 0 amide bonds. The highest BCUT2D eigenvalue weighted by Crippen LogP contribution is 2.21. The lowest BCUT2D eigenvalue weighted by Gasteiger charge is -2.31. The number of unbranched alkanes of at least 4 members (excludes halogenated alkanes) is 1. The van der Waals surface area contributed by atoms with Gasteiger partial charge in [0.1, 0.15) is 10.8 Å². The molecule has 0 aromatic heterocycles. The average Bonchev–Trinajstić information content (AvgIpc) is 2.56. The zero-order valence-corrected chi connectivity index (χ0v) is 18.5. The lowest BCUT2D eigenvalue weighted by Crippen LogP contribution is -2.40. The molecule has 0 aliphatic carbocycles. The van der Waals surface area contributed by atoms with Crippen LogP contribution < -0.4 is 0 Å². The predicted octanol–water partition coefficient (Wildman–Crippen LogP) is 2.43. The predicted molar refractivity (Wildman–Crippen MR) is 99.3 cm³/mol. The number of hydrogen-bond acceptors (Lipinski definition) is 4. The van der Waals surface area contributed by atoms with Crippen LogP contribution in [0.1, 0.15) is 52.4 Å². The van der Waals surface area contributed by atoms with Crippen molar-refractivity contribution in [1.82, 2.24) is 0 Å². The van der Waals surface area contributed by atoms with Crippen LogP contribution in [0.25, 0.3) is 0 Å². The van der Waals surface area contributed by atoms with Crippen LogP contribution in [0.4, 0.5) is 0 Å². The van der Waals surface area contributed by atoms with Crippen molar-refractivity contribution >= 4 is 19.0 Å². The molecule has 0 aliphatic heterocycles. The van der Waals surface area contributed by atoms with Gasteiger partial charge in [-0.25, -0.2) is 0 Å². The summed E-state index contributed by atoms with van der Waals surface area (Å²) < 4.78 is 22.7. The maximum atomic E-state index is 5.66. The number of ether oxygens (including phenoxy) is 4. The van der Waals surface area contributed by atoms with E-state index in [1.165, 1.54) is 24.9 Å². The third-order valence-corrected chi connectivity index (χ3v) is 9.71. The number of rotatable bonds is 15. The summed E-state index contributed by atoms with van der Waals surface area (Å²) in [5.74, 6) is 0. The summed E-state index contributed by atoms with van der Waals surface area (Å²) in [7, 11) is 6.42. The minimum Gasteiger partial charge on any atom is -0.358 e. The van der Waals surface area contributed by atoms with Gasteiger partial charge in [0.15, 0.2) is 0 Å². The molecule has 0 rings (SSSR count). The maximum Gasteiger partial charge on any atom is 0.144 e. The third kappa shape index (κ3) is 7.70. The molecule has 0 aromatic rings. The van der Waals surface area contributed by atoms with E-state index in [4.69, 9.17) is 18.9 Å². The second-order valence-corrected chi connectivity index (χ2v) is 10.6. The molecule has 0 fully saturated rings. The summed E-state index contributed by atoms with van der Waals surface area (Å²) in [6.07, 6.45) is 6.84. The largest absolute Gasteiger partial charge is 0.358 e. The van der Waals surface area contributed by atoms with E-state index in [9.17, 15) is 0 Å². The van der Waals surface area contributed by atoms with Crippen molar-refractivity contribution in [3.05, 3.63) is 0 Å². The number of methoxy groups -OCH3 is 4. The summed E-state index contributed by atoms with van der Waals surface area (Å²) in [4.78, 5) is 0. The fourth-order valence-electron chi connectivity index (χ4n) is 3.14. The first kappa shape index (κ1) is 22.3. The van der Waals surface area contributed by atoms with Gasteiger partial charge in [-0.3, -0.25) is 0 Å². The van der Waals surface area contributed by atoms with Gasteiger partial charge in [0.2, 0.25) is 0 Å². The molecular formula is C16H38O4Si2. The van der Waals surface area contributed by atoms with Gasteiger partial charge in [-0.2, -0.15) is 0 Å². The molecule has 22 heavy (non-hydrogen) atoms. The molecule has 0 aliphatic rings. The van der Waals surface area contributed by atoms with Crippen molar-refractivity contribution in [1.29, 1.82) is 0 Å². The Morgan fingerprint density at radius 3 is 1.18 bits per heavy atom. The van der Waals surface area contributed by atoms with Crippen LogP contribution in [-0.4, -0.2) is 58.3 Å². The zero-order chi connectivity index (χ0) is 16.9. The van der Waals surface area contributed by atoms with Crippen molar-refractivity contribution in [3.63, 3.8) is 0 Å². The molecule has 134 valence electrons. The van der Waals surface area contributed by atoms with Crippen LogP contribution in [0.5, 0.6) is 0 Å². The molecule has 0 aromatic carbocycles. The Bertz CT molecular complexity index is 231. The Morgan fingerprint density at radius 1 is 0.636 bits per heavy atom. The Labute approximate surface area is 142 Å². The Hall–Kier alpha value is 0.274. The molecule has 6 heteroatoms. The molecule has 0 bridgehead atoms. The van der Waals surface area contributed by atoms with Gasteiger partial charge in [0, 0.05) is 28.4 Å². The van der Waals surface area contributed by atoms with Gasteiger partial charge in [-0.15, -0.1) is 0 Å². The van der Waals surface area contributed by atoms with Crippen molar-refractivity contribution in [2.75, 3.05) is 28.4 Å². The Kier molecular flexibility index (Phi) is 12.8. The first-order chi connectivity index (χ1) is 10.6. The third-order valence-electron chi connectivity index (χ3n) is 4.62. The van der Waals surface area contributed by atoms with Gasteiger partial charge in [-0.1, -0.05) is 51.6 Å². The fraction of sp³-hybridized carbons (Fsp3) is 1.00. The van der Waals surface area contributed by atoms with E-state index in [0.29, 0.717) is 0 Å². The first-order valence-electron chi connectivity index (χ1n) is 8.78. The van der Waals surface area contributed by atoms with E-state index < -0.39 is 0 Å². The number of hydrogen-bond donors (Lipinski definition) is 0. The Balaban J connectivity index is 4.01. The van der Waals surface area contributed by atoms with Gasteiger partial charge in [0.05, 0.1) is 19.0 Å². The quantitative estimate of drug-likeness (QED) is 0.258. The molecule has 0 atom stereocenters. The molecule has 4 nitrogen and oxygen atoms in total. The fourth-order valence-corrected chi connectivity index (χ4v) is 7.45. The smallest absolute Gasteiger partial charge is 0.144 e. The normalized spacial score (nSPS) is 13.9. The van der Waals surface area contributed by atoms with Crippen LogP contribution in [0.15, 0.2) is 0 Å². The van der Waals surface area contributed by atoms with E-state index in [1.54, 1.807) is 28.4 Å². The highest BCUT2D eigenvalue weighted by molar-refractivity contribution is 6.39. The standard InChI is InChI=1S/C16H38O4Si2/c1-7-11-15(17-3,18-4)21-13-9-10-14-22-16(19-5,20-6)12-8-2/h7-14,21-22H2,1-6H3. The minimum atomic E-state index is -0.366. The summed E-state index contributed by atoms with van der Waals surface area (Å²) in [5.41, 5.74) is -0.478. The van der Waals surface area contributed by atoms with Gasteiger partial charge in [0.25, 0.3) is 0 Å². The molecule has 0 unspecified atom stereocenters. The van der Waals surface area contributed by atoms with Crippen LogP contribution >= 0.6 is 0 Å². The van der Waals surface area contributed by atoms with Crippen molar-refractivity contribution < 1.29 is 18.9 Å². The van der Waals surface area contributed by atoms with Crippen molar-refractivity contribution in [2.45, 2.75) is 75.3 Å². The lowest BCUT2D eigenvalue weighted by molar-refractivity contribution is -0.149. The van der Waals surface area contributed by atoms with Crippen LogP contribution in [0.2, 0.25) is 12.1 Å². The molecule has 0 saturated heterocycles. The average molecular weight is 351 g/mol. The summed E-state index contributed by atoms with van der Waals surface area (Å²) in [6, 6.07) is 2.58. The van der Waals surface area contributed by atoms with E-state index in [0.717, 1.165) is 25.7 Å². The maximum absolute atomic E-state index is 5.66. The van der Waals surface area contributed by atoms with E-state index >= 15 is 0 Å². The topological polar surface area (TPSA) is 36.9 Å².